The third-order valence-electron chi connectivity index (χ3n) is 3.30. The molecule has 0 aliphatic rings. The quantitative estimate of drug-likeness (QED) is 0.521. The fourth-order valence-electron chi connectivity index (χ4n) is 2.32. The van der Waals surface area contributed by atoms with Crippen LogP contribution in [0.15, 0.2) is 36.4 Å². The van der Waals surface area contributed by atoms with Gasteiger partial charge in [0.2, 0.25) is 0 Å². The summed E-state index contributed by atoms with van der Waals surface area (Å²) in [6, 6.07) is 13.2. The molecule has 0 fully saturated rings. The topological polar surface area (TPSA) is 0 Å². The molecule has 0 aromatic heterocycles. The van der Waals surface area contributed by atoms with E-state index in [9.17, 15) is 0 Å². The van der Waals surface area contributed by atoms with Crippen LogP contribution in [0.1, 0.15) is 26.3 Å². The third-order valence-corrected chi connectivity index (χ3v) is 5.36. The summed E-state index contributed by atoms with van der Waals surface area (Å²) in [7, 11) is -1.33. The van der Waals surface area contributed by atoms with E-state index in [2.05, 4.69) is 88.7 Å². The molecule has 0 atom stereocenters. The number of fused-ring (bicyclic) bond motifs is 1. The minimum Gasteiger partial charge on any atom is -0.0919 e. The molecule has 0 spiro atoms. The Hall–Kier alpha value is -1.52. The molecule has 0 nitrogen and oxygen atoms in total. The molecule has 2 rings (SSSR count). The molecule has 0 saturated carbocycles. The molecule has 0 N–H and O–H groups in total. The fraction of sp³-hybridized carbons (Fsp3) is 0.368. The van der Waals surface area contributed by atoms with Gasteiger partial charge in [0.05, 0.1) is 8.07 Å². The Labute approximate surface area is 124 Å². The first-order valence-corrected chi connectivity index (χ1v) is 10.7. The van der Waals surface area contributed by atoms with Gasteiger partial charge in [-0.15, -0.1) is 0 Å². The van der Waals surface area contributed by atoms with Gasteiger partial charge in [-0.3, -0.25) is 0 Å². The number of rotatable bonds is 1. The van der Waals surface area contributed by atoms with Gasteiger partial charge in [-0.05, 0) is 37.6 Å². The smallest absolute Gasteiger partial charge is 0.0784 e. The van der Waals surface area contributed by atoms with Crippen molar-refractivity contribution in [2.24, 2.45) is 5.41 Å². The van der Waals surface area contributed by atoms with Gasteiger partial charge in [-0.25, -0.2) is 0 Å². The summed E-state index contributed by atoms with van der Waals surface area (Å²) in [6.07, 6.45) is 0. The van der Waals surface area contributed by atoms with Crippen LogP contribution in [0.25, 0.3) is 10.8 Å². The molecule has 0 aliphatic heterocycles. The van der Waals surface area contributed by atoms with Crippen molar-refractivity contribution in [3.8, 4) is 11.8 Å². The van der Waals surface area contributed by atoms with Crippen molar-refractivity contribution in [2.75, 3.05) is 0 Å². The van der Waals surface area contributed by atoms with E-state index < -0.39 is 8.07 Å². The molecule has 0 heterocycles. The van der Waals surface area contributed by atoms with Crippen LogP contribution < -0.4 is 5.19 Å². The third kappa shape index (κ3) is 3.32. The van der Waals surface area contributed by atoms with Crippen LogP contribution in [0.2, 0.25) is 19.6 Å². The van der Waals surface area contributed by atoms with Crippen molar-refractivity contribution in [3.63, 3.8) is 0 Å². The zero-order chi connectivity index (χ0) is 15.0. The first-order chi connectivity index (χ1) is 9.18. The molecule has 0 unspecified atom stereocenters. The van der Waals surface area contributed by atoms with E-state index in [4.69, 9.17) is 0 Å². The molecule has 0 bridgehead atoms. The highest BCUT2D eigenvalue weighted by Crippen LogP contribution is 2.20. The fourth-order valence-corrected chi connectivity index (χ4v) is 3.93. The average molecular weight is 280 g/mol. The molecule has 20 heavy (non-hydrogen) atoms. The molecular weight excluding hydrogens is 256 g/mol. The Morgan fingerprint density at radius 2 is 1.45 bits per heavy atom. The van der Waals surface area contributed by atoms with Gasteiger partial charge in [-0.2, -0.15) is 0 Å². The Bertz CT molecular complexity index is 685. The van der Waals surface area contributed by atoms with Crippen molar-refractivity contribution in [1.29, 1.82) is 0 Å². The monoisotopic (exact) mass is 280 g/mol. The van der Waals surface area contributed by atoms with Crippen molar-refractivity contribution in [3.05, 3.63) is 42.0 Å². The van der Waals surface area contributed by atoms with Gasteiger partial charge < -0.3 is 0 Å². The second-order valence-electron chi connectivity index (χ2n) is 7.46. The maximum atomic E-state index is 3.37. The van der Waals surface area contributed by atoms with Gasteiger partial charge in [0.1, 0.15) is 0 Å². The number of hydrogen-bond acceptors (Lipinski definition) is 0. The van der Waals surface area contributed by atoms with Gasteiger partial charge in [0.15, 0.2) is 0 Å². The first kappa shape index (κ1) is 14.9. The maximum absolute atomic E-state index is 3.37. The summed E-state index contributed by atoms with van der Waals surface area (Å²) in [5, 5.41) is 4.20. The normalized spacial score (nSPS) is 12.1. The SMILES string of the molecule is CC(C)(C)C#Cc1ccc([Si](C)(C)C)c2ccccc12. The summed E-state index contributed by atoms with van der Waals surface area (Å²) >= 11 is 0. The van der Waals surface area contributed by atoms with E-state index >= 15 is 0 Å². The molecule has 0 amide bonds. The second kappa shape index (κ2) is 5.11. The predicted octanol–water partition coefficient (Wildman–Crippen LogP) is 4.78. The highest BCUT2D eigenvalue weighted by Gasteiger charge is 2.19. The van der Waals surface area contributed by atoms with Crippen molar-refractivity contribution in [2.45, 2.75) is 40.4 Å². The van der Waals surface area contributed by atoms with E-state index in [0.717, 1.165) is 5.56 Å². The van der Waals surface area contributed by atoms with E-state index in [1.807, 2.05) is 0 Å². The maximum Gasteiger partial charge on any atom is 0.0784 e. The van der Waals surface area contributed by atoms with Gasteiger partial charge in [0.25, 0.3) is 0 Å². The Balaban J connectivity index is 2.69. The van der Waals surface area contributed by atoms with Crippen LogP contribution >= 0.6 is 0 Å². The van der Waals surface area contributed by atoms with Crippen LogP contribution in [0.5, 0.6) is 0 Å². The summed E-state index contributed by atoms with van der Waals surface area (Å²) in [4.78, 5) is 0. The Morgan fingerprint density at radius 1 is 0.850 bits per heavy atom. The Morgan fingerprint density at radius 3 is 2.00 bits per heavy atom. The van der Waals surface area contributed by atoms with Crippen LogP contribution in [0.4, 0.5) is 0 Å². The van der Waals surface area contributed by atoms with Crippen LogP contribution in [-0.4, -0.2) is 8.07 Å². The Kier molecular flexibility index (Phi) is 3.80. The summed E-state index contributed by atoms with van der Waals surface area (Å²) in [5.74, 6) is 6.72. The van der Waals surface area contributed by atoms with Gasteiger partial charge in [-0.1, -0.05) is 67.0 Å². The minimum atomic E-state index is -1.33. The van der Waals surface area contributed by atoms with E-state index in [-0.39, 0.29) is 5.41 Å². The lowest BCUT2D eigenvalue weighted by Gasteiger charge is -2.20. The van der Waals surface area contributed by atoms with Crippen LogP contribution in [0, 0.1) is 17.3 Å². The molecule has 0 aliphatic carbocycles. The zero-order valence-electron chi connectivity index (χ0n) is 13.5. The van der Waals surface area contributed by atoms with Crippen LogP contribution in [0.3, 0.4) is 0 Å². The van der Waals surface area contributed by atoms with E-state index in [1.54, 1.807) is 0 Å². The molecule has 104 valence electrons. The molecule has 2 aromatic carbocycles. The highest BCUT2D eigenvalue weighted by atomic mass is 28.3. The lowest BCUT2D eigenvalue weighted by molar-refractivity contribution is 0.571. The molecule has 2 aromatic rings. The minimum absolute atomic E-state index is 0.0402. The lowest BCUT2D eigenvalue weighted by Crippen LogP contribution is -2.38. The summed E-state index contributed by atoms with van der Waals surface area (Å²) < 4.78 is 0. The summed E-state index contributed by atoms with van der Waals surface area (Å²) in [5.41, 5.74) is 1.19. The summed E-state index contributed by atoms with van der Waals surface area (Å²) in [6.45, 7) is 13.6. The number of benzene rings is 2. The highest BCUT2D eigenvalue weighted by molar-refractivity contribution is 6.90. The molecule has 1 heteroatoms. The van der Waals surface area contributed by atoms with Crippen molar-refractivity contribution < 1.29 is 0 Å². The van der Waals surface area contributed by atoms with Crippen molar-refractivity contribution >= 4 is 24.0 Å². The molecule has 0 radical (unpaired) electrons. The van der Waals surface area contributed by atoms with E-state index in [0.29, 0.717) is 0 Å². The standard InChI is InChI=1S/C19H24Si/c1-19(2,3)14-13-15-11-12-18(20(4,5)6)17-10-8-7-9-16(15)17/h7-12H,1-6H3. The predicted molar refractivity (Wildman–Crippen MR) is 93.3 cm³/mol. The first-order valence-electron chi connectivity index (χ1n) is 7.24. The average Bonchev–Trinajstić information content (AvgIpc) is 2.33. The lowest BCUT2D eigenvalue weighted by atomic mass is 9.96. The van der Waals surface area contributed by atoms with E-state index in [1.165, 1.54) is 16.0 Å². The van der Waals surface area contributed by atoms with Gasteiger partial charge >= 0.3 is 0 Å². The number of hydrogen-bond donors (Lipinski definition) is 0. The molecular formula is C19H24Si. The van der Waals surface area contributed by atoms with Crippen molar-refractivity contribution in [1.82, 2.24) is 0 Å². The van der Waals surface area contributed by atoms with Crippen LogP contribution in [-0.2, 0) is 0 Å². The molecule has 0 saturated heterocycles. The largest absolute Gasteiger partial charge is 0.0919 e. The second-order valence-corrected chi connectivity index (χ2v) is 12.5. The zero-order valence-corrected chi connectivity index (χ0v) is 14.5. The van der Waals surface area contributed by atoms with Gasteiger partial charge in [0, 0.05) is 11.0 Å².